The summed E-state index contributed by atoms with van der Waals surface area (Å²) in [6.07, 6.45) is 2.00. The average Bonchev–Trinajstić information content (AvgIpc) is 3.07. The van der Waals surface area contributed by atoms with Gasteiger partial charge in [0, 0.05) is 12.2 Å². The molecule has 1 aliphatic carbocycles. The van der Waals surface area contributed by atoms with Crippen molar-refractivity contribution in [1.29, 1.82) is 0 Å². The van der Waals surface area contributed by atoms with E-state index >= 15 is 0 Å². The van der Waals surface area contributed by atoms with E-state index in [4.69, 9.17) is 0 Å². The first-order valence-corrected chi connectivity index (χ1v) is 5.98. The van der Waals surface area contributed by atoms with Crippen molar-refractivity contribution in [2.75, 3.05) is 11.9 Å². The van der Waals surface area contributed by atoms with Gasteiger partial charge in [0.1, 0.15) is 0 Å². The fourth-order valence-electron chi connectivity index (χ4n) is 1.95. The van der Waals surface area contributed by atoms with Crippen LogP contribution in [0, 0.1) is 12.8 Å². The van der Waals surface area contributed by atoms with Crippen molar-refractivity contribution in [3.05, 3.63) is 23.9 Å². The lowest BCUT2D eigenvalue weighted by atomic mass is 10.2. The average molecular weight is 232 g/mol. The van der Waals surface area contributed by atoms with E-state index in [2.05, 4.69) is 15.4 Å². The van der Waals surface area contributed by atoms with Crippen LogP contribution in [0.25, 0.3) is 5.65 Å². The smallest absolute Gasteiger partial charge is 0.243 e. The molecule has 2 heterocycles. The molecular weight excluding hydrogens is 216 g/mol. The van der Waals surface area contributed by atoms with Crippen LogP contribution in [-0.4, -0.2) is 32.4 Å². The lowest BCUT2D eigenvalue weighted by Crippen LogP contribution is -2.21. The third-order valence-electron chi connectivity index (χ3n) is 3.18. The summed E-state index contributed by atoms with van der Waals surface area (Å²) in [6.45, 7) is 2.52. The predicted molar refractivity (Wildman–Crippen MR) is 64.9 cm³/mol. The summed E-state index contributed by atoms with van der Waals surface area (Å²) in [5.41, 5.74) is 1.87. The van der Waals surface area contributed by atoms with Crippen molar-refractivity contribution in [2.45, 2.75) is 25.9 Å². The molecule has 90 valence electrons. The van der Waals surface area contributed by atoms with Crippen LogP contribution >= 0.6 is 0 Å². The number of fused-ring (bicyclic) bond motifs is 1. The molecule has 0 amide bonds. The highest BCUT2D eigenvalue weighted by molar-refractivity contribution is 5.44. The van der Waals surface area contributed by atoms with Crippen molar-refractivity contribution in [3.63, 3.8) is 0 Å². The first kappa shape index (κ1) is 10.5. The number of aromatic nitrogens is 3. The molecule has 2 aromatic heterocycles. The molecule has 5 nitrogen and oxygen atoms in total. The van der Waals surface area contributed by atoms with Crippen LogP contribution in [0.5, 0.6) is 0 Å². The normalized spacial score (nSPS) is 17.3. The number of hydrogen-bond donors (Lipinski definition) is 2. The summed E-state index contributed by atoms with van der Waals surface area (Å²) in [6, 6.07) is 5.87. The zero-order valence-corrected chi connectivity index (χ0v) is 9.80. The number of aliphatic hydroxyl groups excluding tert-OH is 1. The fraction of sp³-hybridized carbons (Fsp3) is 0.500. The molecule has 2 aromatic rings. The Kier molecular flexibility index (Phi) is 2.48. The van der Waals surface area contributed by atoms with Crippen LogP contribution in [0.1, 0.15) is 18.5 Å². The van der Waals surface area contributed by atoms with Crippen molar-refractivity contribution in [3.8, 4) is 0 Å². The summed E-state index contributed by atoms with van der Waals surface area (Å²) in [4.78, 5) is 4.35. The Balaban J connectivity index is 1.74. The second kappa shape index (κ2) is 4.00. The molecule has 0 spiro atoms. The van der Waals surface area contributed by atoms with Crippen molar-refractivity contribution >= 4 is 11.6 Å². The van der Waals surface area contributed by atoms with E-state index in [0.29, 0.717) is 18.4 Å². The van der Waals surface area contributed by atoms with Gasteiger partial charge < -0.3 is 10.4 Å². The molecule has 0 bridgehead atoms. The second-order valence-electron chi connectivity index (χ2n) is 4.66. The van der Waals surface area contributed by atoms with Gasteiger partial charge in [-0.05, 0) is 37.8 Å². The van der Waals surface area contributed by atoms with Gasteiger partial charge in [0.15, 0.2) is 5.65 Å². The number of rotatable bonds is 4. The minimum absolute atomic E-state index is 0.275. The standard InChI is InChI=1S/C12H16N4O/c1-8-3-2-4-11-14-12(15-16(8)11)13-7-10(17)9-5-6-9/h2-4,9-10,17H,5-7H2,1H3,(H,13,15). The largest absolute Gasteiger partial charge is 0.391 e. The minimum Gasteiger partial charge on any atom is -0.391 e. The number of aliphatic hydroxyl groups is 1. The summed E-state index contributed by atoms with van der Waals surface area (Å²) in [7, 11) is 0. The Morgan fingerprint density at radius 1 is 1.53 bits per heavy atom. The van der Waals surface area contributed by atoms with Crippen LogP contribution < -0.4 is 5.32 Å². The van der Waals surface area contributed by atoms with E-state index in [9.17, 15) is 5.11 Å². The Bertz CT molecular complexity index is 532. The van der Waals surface area contributed by atoms with Gasteiger partial charge in [0.05, 0.1) is 6.10 Å². The van der Waals surface area contributed by atoms with Crippen LogP contribution in [0.2, 0.25) is 0 Å². The molecule has 3 rings (SSSR count). The first-order valence-electron chi connectivity index (χ1n) is 5.98. The molecule has 5 heteroatoms. The van der Waals surface area contributed by atoms with Gasteiger partial charge in [0.2, 0.25) is 5.95 Å². The lowest BCUT2D eigenvalue weighted by Gasteiger charge is -2.08. The fourth-order valence-corrected chi connectivity index (χ4v) is 1.95. The van der Waals surface area contributed by atoms with E-state index in [-0.39, 0.29) is 6.10 Å². The minimum atomic E-state index is -0.275. The third-order valence-corrected chi connectivity index (χ3v) is 3.18. The Morgan fingerprint density at radius 2 is 2.35 bits per heavy atom. The first-order chi connectivity index (χ1) is 8.24. The molecule has 17 heavy (non-hydrogen) atoms. The molecule has 1 fully saturated rings. The van der Waals surface area contributed by atoms with Crippen molar-refractivity contribution < 1.29 is 5.11 Å². The monoisotopic (exact) mass is 232 g/mol. The number of hydrogen-bond acceptors (Lipinski definition) is 4. The molecule has 1 atom stereocenters. The lowest BCUT2D eigenvalue weighted by molar-refractivity contribution is 0.164. The molecule has 0 saturated heterocycles. The maximum Gasteiger partial charge on any atom is 0.243 e. The predicted octanol–water partition coefficient (Wildman–Crippen LogP) is 1.22. The topological polar surface area (TPSA) is 62.5 Å². The Morgan fingerprint density at radius 3 is 3.06 bits per heavy atom. The van der Waals surface area contributed by atoms with Crippen LogP contribution in [0.15, 0.2) is 18.2 Å². The summed E-state index contributed by atoms with van der Waals surface area (Å²) < 4.78 is 1.80. The van der Waals surface area contributed by atoms with Gasteiger partial charge in [-0.25, -0.2) is 4.52 Å². The van der Waals surface area contributed by atoms with Gasteiger partial charge in [-0.15, -0.1) is 5.10 Å². The third kappa shape index (κ3) is 2.10. The quantitative estimate of drug-likeness (QED) is 0.832. The van der Waals surface area contributed by atoms with Crippen LogP contribution in [0.4, 0.5) is 5.95 Å². The molecule has 1 saturated carbocycles. The van der Waals surface area contributed by atoms with Crippen molar-refractivity contribution in [1.82, 2.24) is 14.6 Å². The molecule has 1 aliphatic rings. The van der Waals surface area contributed by atoms with E-state index in [1.165, 1.54) is 0 Å². The molecule has 0 aliphatic heterocycles. The number of nitrogens with one attached hydrogen (secondary N) is 1. The summed E-state index contributed by atoms with van der Waals surface area (Å²) >= 11 is 0. The molecule has 0 aromatic carbocycles. The summed E-state index contributed by atoms with van der Waals surface area (Å²) in [5.74, 6) is 1.06. The van der Waals surface area contributed by atoms with E-state index in [0.717, 1.165) is 24.2 Å². The maximum absolute atomic E-state index is 9.75. The van der Waals surface area contributed by atoms with Gasteiger partial charge in [-0.3, -0.25) is 0 Å². The molecule has 1 unspecified atom stereocenters. The van der Waals surface area contributed by atoms with E-state index < -0.39 is 0 Å². The van der Waals surface area contributed by atoms with Crippen molar-refractivity contribution in [2.24, 2.45) is 5.92 Å². The SMILES string of the molecule is Cc1cccc2nc(NCC(O)C3CC3)nn12. The highest BCUT2D eigenvalue weighted by Crippen LogP contribution is 2.32. The van der Waals surface area contributed by atoms with Crippen LogP contribution in [-0.2, 0) is 0 Å². The number of aryl methyl sites for hydroxylation is 1. The van der Waals surface area contributed by atoms with E-state index in [1.54, 1.807) is 4.52 Å². The molecular formula is C12H16N4O. The highest BCUT2D eigenvalue weighted by atomic mass is 16.3. The Labute approximate surface area is 99.5 Å². The zero-order chi connectivity index (χ0) is 11.8. The molecule has 2 N–H and O–H groups in total. The van der Waals surface area contributed by atoms with Crippen LogP contribution in [0.3, 0.4) is 0 Å². The maximum atomic E-state index is 9.75. The van der Waals surface area contributed by atoms with Gasteiger partial charge in [-0.2, -0.15) is 4.98 Å². The second-order valence-corrected chi connectivity index (χ2v) is 4.66. The number of nitrogens with zero attached hydrogens (tertiary/aromatic N) is 3. The number of pyridine rings is 1. The van der Waals surface area contributed by atoms with Gasteiger partial charge in [-0.1, -0.05) is 6.07 Å². The molecule has 0 radical (unpaired) electrons. The highest BCUT2D eigenvalue weighted by Gasteiger charge is 2.29. The van der Waals surface area contributed by atoms with E-state index in [1.807, 2.05) is 25.1 Å². The zero-order valence-electron chi connectivity index (χ0n) is 9.80. The van der Waals surface area contributed by atoms with Gasteiger partial charge >= 0.3 is 0 Å². The number of anilines is 1. The summed E-state index contributed by atoms with van der Waals surface area (Å²) in [5, 5.41) is 17.2. The Hall–Kier alpha value is -1.62. The van der Waals surface area contributed by atoms with Gasteiger partial charge in [0.25, 0.3) is 0 Å².